The van der Waals surface area contributed by atoms with Crippen LogP contribution in [0.2, 0.25) is 0 Å². The third-order valence-corrected chi connectivity index (χ3v) is 1.58. The lowest BCUT2D eigenvalue weighted by molar-refractivity contribution is -0.137. The van der Waals surface area contributed by atoms with E-state index in [0.29, 0.717) is 6.07 Å². The molecule has 3 N–H and O–H groups in total. The van der Waals surface area contributed by atoms with Gasteiger partial charge in [-0.15, -0.1) is 0 Å². The van der Waals surface area contributed by atoms with E-state index in [0.717, 1.165) is 6.20 Å². The maximum absolute atomic E-state index is 13.0. The number of carboxylic acids is 1. The predicted octanol–water partition coefficient (Wildman–Crippen LogP) is 0.834. The van der Waals surface area contributed by atoms with E-state index < -0.39 is 30.1 Å². The van der Waals surface area contributed by atoms with Gasteiger partial charge in [0.2, 0.25) is 0 Å². The van der Waals surface area contributed by atoms with Crippen molar-refractivity contribution >= 4 is 5.97 Å². The monoisotopic (exact) mass is 202 g/mol. The van der Waals surface area contributed by atoms with Crippen LogP contribution in [-0.2, 0) is 4.79 Å². The van der Waals surface area contributed by atoms with E-state index in [1.165, 1.54) is 0 Å². The van der Waals surface area contributed by atoms with Crippen LogP contribution >= 0.6 is 0 Å². The summed E-state index contributed by atoms with van der Waals surface area (Å²) in [4.78, 5) is 13.6. The summed E-state index contributed by atoms with van der Waals surface area (Å²) in [5.74, 6) is -2.92. The molecule has 1 heterocycles. The van der Waals surface area contributed by atoms with Crippen LogP contribution < -0.4 is 5.73 Å². The van der Waals surface area contributed by atoms with Gasteiger partial charge < -0.3 is 10.8 Å². The molecule has 0 fully saturated rings. The number of nitrogens with two attached hydrogens (primary N) is 1. The molecule has 0 aliphatic heterocycles. The largest absolute Gasteiger partial charge is 0.481 e. The van der Waals surface area contributed by atoms with E-state index in [1.807, 2.05) is 0 Å². The lowest BCUT2D eigenvalue weighted by Gasteiger charge is -2.08. The SMILES string of the molecule is NC(CC(=O)O)c1ncc(F)cc1F. The van der Waals surface area contributed by atoms with Crippen molar-refractivity contribution < 1.29 is 18.7 Å². The summed E-state index contributed by atoms with van der Waals surface area (Å²) in [5, 5.41) is 8.39. The first kappa shape index (κ1) is 10.5. The van der Waals surface area contributed by atoms with E-state index in [-0.39, 0.29) is 5.69 Å². The van der Waals surface area contributed by atoms with Crippen LogP contribution in [0.25, 0.3) is 0 Å². The molecule has 0 aliphatic carbocycles. The summed E-state index contributed by atoms with van der Waals surface area (Å²) in [5.41, 5.74) is 5.10. The standard InChI is InChI=1S/C8H8F2N2O2/c9-4-1-5(10)8(12-3-4)6(11)2-7(13)14/h1,3,6H,2,11H2,(H,13,14). The van der Waals surface area contributed by atoms with Gasteiger partial charge in [0.05, 0.1) is 24.4 Å². The van der Waals surface area contributed by atoms with E-state index in [2.05, 4.69) is 4.98 Å². The first-order valence-corrected chi connectivity index (χ1v) is 3.79. The van der Waals surface area contributed by atoms with Crippen LogP contribution in [-0.4, -0.2) is 16.1 Å². The van der Waals surface area contributed by atoms with Gasteiger partial charge >= 0.3 is 5.97 Å². The molecule has 76 valence electrons. The summed E-state index contributed by atoms with van der Waals surface area (Å²) >= 11 is 0. The van der Waals surface area contributed by atoms with Crippen molar-refractivity contribution in [1.29, 1.82) is 0 Å². The Balaban J connectivity index is 2.90. The number of nitrogens with zero attached hydrogens (tertiary/aromatic N) is 1. The van der Waals surface area contributed by atoms with Gasteiger partial charge in [0.15, 0.2) is 0 Å². The van der Waals surface area contributed by atoms with E-state index in [1.54, 1.807) is 0 Å². The van der Waals surface area contributed by atoms with Gasteiger partial charge in [-0.05, 0) is 0 Å². The fraction of sp³-hybridized carbons (Fsp3) is 0.250. The number of rotatable bonds is 3. The molecule has 6 heteroatoms. The second-order valence-electron chi connectivity index (χ2n) is 2.72. The summed E-state index contributed by atoms with van der Waals surface area (Å²) in [6.07, 6.45) is 0.343. The molecule has 0 saturated heterocycles. The van der Waals surface area contributed by atoms with Crippen LogP contribution in [0.15, 0.2) is 12.3 Å². The molecule has 1 atom stereocenters. The maximum atomic E-state index is 13.0. The number of carbonyl (C=O) groups is 1. The number of aromatic nitrogens is 1. The summed E-state index contributed by atoms with van der Waals surface area (Å²) in [7, 11) is 0. The first-order valence-electron chi connectivity index (χ1n) is 3.79. The average molecular weight is 202 g/mol. The van der Waals surface area contributed by atoms with Gasteiger partial charge in [-0.3, -0.25) is 9.78 Å². The minimum Gasteiger partial charge on any atom is -0.481 e. The predicted molar refractivity (Wildman–Crippen MR) is 43.3 cm³/mol. The molecule has 0 saturated carbocycles. The Bertz CT molecular complexity index is 357. The van der Waals surface area contributed by atoms with Crippen molar-refractivity contribution in [3.05, 3.63) is 29.6 Å². The topological polar surface area (TPSA) is 76.2 Å². The van der Waals surface area contributed by atoms with Crippen molar-refractivity contribution in [3.8, 4) is 0 Å². The third-order valence-electron chi connectivity index (χ3n) is 1.58. The molecule has 0 aliphatic rings. The number of halogens is 2. The molecule has 1 aromatic heterocycles. The number of hydrogen-bond donors (Lipinski definition) is 2. The molecule has 14 heavy (non-hydrogen) atoms. The molecule has 0 spiro atoms. The van der Waals surface area contributed by atoms with Gasteiger partial charge in [0.1, 0.15) is 11.6 Å². The fourth-order valence-electron chi connectivity index (χ4n) is 0.983. The molecular formula is C8H8F2N2O2. The van der Waals surface area contributed by atoms with Crippen molar-refractivity contribution in [2.45, 2.75) is 12.5 Å². The van der Waals surface area contributed by atoms with E-state index >= 15 is 0 Å². The zero-order chi connectivity index (χ0) is 10.7. The minimum absolute atomic E-state index is 0.242. The molecule has 1 unspecified atom stereocenters. The molecule has 1 rings (SSSR count). The maximum Gasteiger partial charge on any atom is 0.305 e. The van der Waals surface area contributed by atoms with Crippen LogP contribution in [0, 0.1) is 11.6 Å². The highest BCUT2D eigenvalue weighted by molar-refractivity contribution is 5.67. The van der Waals surface area contributed by atoms with E-state index in [9.17, 15) is 13.6 Å². The van der Waals surface area contributed by atoms with Gasteiger partial charge in [0, 0.05) is 6.07 Å². The molecule has 0 aromatic carbocycles. The lowest BCUT2D eigenvalue weighted by atomic mass is 10.1. The van der Waals surface area contributed by atoms with Gasteiger partial charge in [-0.25, -0.2) is 8.78 Å². The Labute approximate surface area is 78.4 Å². The molecule has 1 aromatic rings. The second-order valence-corrected chi connectivity index (χ2v) is 2.72. The summed E-state index contributed by atoms with van der Waals surface area (Å²) in [6, 6.07) is -0.447. The van der Waals surface area contributed by atoms with Crippen LogP contribution in [0.5, 0.6) is 0 Å². The van der Waals surface area contributed by atoms with Crippen molar-refractivity contribution in [1.82, 2.24) is 4.98 Å². The number of hydrogen-bond acceptors (Lipinski definition) is 3. The zero-order valence-corrected chi connectivity index (χ0v) is 7.08. The van der Waals surface area contributed by atoms with E-state index in [4.69, 9.17) is 10.8 Å². The van der Waals surface area contributed by atoms with Gasteiger partial charge in [-0.1, -0.05) is 0 Å². The van der Waals surface area contributed by atoms with Crippen LogP contribution in [0.3, 0.4) is 0 Å². The quantitative estimate of drug-likeness (QED) is 0.761. The Hall–Kier alpha value is -1.56. The van der Waals surface area contributed by atoms with Crippen molar-refractivity contribution in [2.75, 3.05) is 0 Å². The Morgan fingerprint density at radius 2 is 2.29 bits per heavy atom. The van der Waals surface area contributed by atoms with Gasteiger partial charge in [0.25, 0.3) is 0 Å². The normalized spacial score (nSPS) is 12.5. The summed E-state index contributed by atoms with van der Waals surface area (Å²) in [6.45, 7) is 0. The minimum atomic E-state index is -1.16. The van der Waals surface area contributed by atoms with Crippen LogP contribution in [0.4, 0.5) is 8.78 Å². The molecule has 0 amide bonds. The molecule has 4 nitrogen and oxygen atoms in total. The van der Waals surface area contributed by atoms with Gasteiger partial charge in [-0.2, -0.15) is 0 Å². The highest BCUT2D eigenvalue weighted by Gasteiger charge is 2.16. The smallest absolute Gasteiger partial charge is 0.305 e. The van der Waals surface area contributed by atoms with Crippen molar-refractivity contribution in [2.24, 2.45) is 5.73 Å². The summed E-state index contributed by atoms with van der Waals surface area (Å²) < 4.78 is 25.4. The third kappa shape index (κ3) is 2.46. The Kier molecular flexibility index (Phi) is 3.08. The number of aliphatic carboxylic acids is 1. The average Bonchev–Trinajstić information content (AvgIpc) is 2.01. The first-order chi connectivity index (χ1) is 6.50. The lowest BCUT2D eigenvalue weighted by Crippen LogP contribution is -2.18. The highest BCUT2D eigenvalue weighted by Crippen LogP contribution is 2.15. The fourth-order valence-corrected chi connectivity index (χ4v) is 0.983. The van der Waals surface area contributed by atoms with Crippen molar-refractivity contribution in [3.63, 3.8) is 0 Å². The highest BCUT2D eigenvalue weighted by atomic mass is 19.1. The second kappa shape index (κ2) is 4.10. The Morgan fingerprint density at radius 1 is 1.64 bits per heavy atom. The Morgan fingerprint density at radius 3 is 2.79 bits per heavy atom. The number of pyridine rings is 1. The molecular weight excluding hydrogens is 194 g/mol. The molecule has 0 bridgehead atoms. The number of carboxylic acid groups (broad SMARTS) is 1. The molecule has 0 radical (unpaired) electrons. The zero-order valence-electron chi connectivity index (χ0n) is 7.08. The van der Waals surface area contributed by atoms with Crippen LogP contribution in [0.1, 0.15) is 18.2 Å².